The van der Waals surface area contributed by atoms with Gasteiger partial charge in [-0.3, -0.25) is 4.68 Å². The lowest BCUT2D eigenvalue weighted by Gasteiger charge is -2.09. The Labute approximate surface area is 171 Å². The van der Waals surface area contributed by atoms with Gasteiger partial charge in [0.05, 0.1) is 28.0 Å². The fourth-order valence-electron chi connectivity index (χ4n) is 3.59. The molecule has 150 valence electrons. The third kappa shape index (κ3) is 2.78. The largest absolute Gasteiger partial charge is 0.334 e. The van der Waals surface area contributed by atoms with Crippen molar-refractivity contribution in [2.24, 2.45) is 0 Å². The predicted molar refractivity (Wildman–Crippen MR) is 108 cm³/mol. The average molecular weight is 403 g/mol. The van der Waals surface area contributed by atoms with Crippen LogP contribution in [0.15, 0.2) is 47.1 Å². The fourth-order valence-corrected chi connectivity index (χ4v) is 3.59. The zero-order valence-electron chi connectivity index (χ0n) is 16.7. The highest BCUT2D eigenvalue weighted by atomic mass is 19.1. The Morgan fingerprint density at radius 3 is 2.67 bits per heavy atom. The summed E-state index contributed by atoms with van der Waals surface area (Å²) in [4.78, 5) is 9.24. The van der Waals surface area contributed by atoms with Gasteiger partial charge in [0, 0.05) is 12.7 Å². The monoisotopic (exact) mass is 403 g/mol. The zero-order valence-corrected chi connectivity index (χ0v) is 16.7. The van der Waals surface area contributed by atoms with Gasteiger partial charge in [-0.2, -0.15) is 15.2 Å². The van der Waals surface area contributed by atoms with Crippen molar-refractivity contribution in [3.8, 4) is 28.5 Å². The molecule has 0 bridgehead atoms. The van der Waals surface area contributed by atoms with Crippen LogP contribution in [0.5, 0.6) is 0 Å². The minimum atomic E-state index is -0.386. The van der Waals surface area contributed by atoms with Gasteiger partial charge in [0.1, 0.15) is 11.5 Å². The molecular weight excluding hydrogens is 385 g/mol. The molecule has 5 aromatic rings. The molecule has 0 spiro atoms. The molecule has 4 heterocycles. The second kappa shape index (κ2) is 6.87. The highest BCUT2D eigenvalue weighted by Crippen LogP contribution is 2.34. The van der Waals surface area contributed by atoms with Crippen molar-refractivity contribution >= 4 is 11.0 Å². The van der Waals surface area contributed by atoms with E-state index in [1.54, 1.807) is 31.3 Å². The number of aryl methyl sites for hydroxylation is 3. The lowest BCUT2D eigenvalue weighted by Crippen LogP contribution is -2.03. The molecule has 0 saturated heterocycles. The van der Waals surface area contributed by atoms with Crippen LogP contribution in [0, 0.1) is 19.7 Å². The second-order valence-electron chi connectivity index (χ2n) is 6.88. The predicted octanol–water partition coefficient (Wildman–Crippen LogP) is 4.11. The molecule has 0 amide bonds. The Kier molecular flexibility index (Phi) is 4.16. The summed E-state index contributed by atoms with van der Waals surface area (Å²) < 4.78 is 23.4. The first-order chi connectivity index (χ1) is 14.6. The van der Waals surface area contributed by atoms with Crippen LogP contribution < -0.4 is 0 Å². The second-order valence-corrected chi connectivity index (χ2v) is 6.88. The van der Waals surface area contributed by atoms with Gasteiger partial charge in [0.25, 0.3) is 5.89 Å². The van der Waals surface area contributed by atoms with Crippen molar-refractivity contribution in [3.63, 3.8) is 0 Å². The highest BCUT2D eigenvalue weighted by Gasteiger charge is 2.22. The molecule has 0 N–H and O–H groups in total. The third-order valence-electron chi connectivity index (χ3n) is 4.93. The number of rotatable bonds is 4. The molecule has 0 atom stereocenters. The van der Waals surface area contributed by atoms with Gasteiger partial charge in [-0.05, 0) is 45.0 Å². The summed E-state index contributed by atoms with van der Waals surface area (Å²) in [6, 6.07) is 10.2. The number of aromatic nitrogens is 7. The maximum absolute atomic E-state index is 14.6. The number of hydrogen-bond donors (Lipinski definition) is 0. The van der Waals surface area contributed by atoms with E-state index in [1.807, 2.05) is 30.7 Å². The van der Waals surface area contributed by atoms with Crippen molar-refractivity contribution < 1.29 is 8.91 Å². The fraction of sp³-hybridized carbons (Fsp3) is 0.190. The van der Waals surface area contributed by atoms with Crippen LogP contribution in [0.2, 0.25) is 0 Å². The number of hydrogen-bond acceptors (Lipinski definition) is 6. The number of para-hydroxylation sites is 1. The van der Waals surface area contributed by atoms with Gasteiger partial charge in [-0.1, -0.05) is 17.3 Å². The molecular formula is C21H18FN7O. The molecule has 0 unspecified atom stereocenters. The first-order valence-corrected chi connectivity index (χ1v) is 9.55. The van der Waals surface area contributed by atoms with E-state index in [4.69, 9.17) is 9.51 Å². The van der Waals surface area contributed by atoms with Crippen molar-refractivity contribution in [1.82, 2.24) is 34.7 Å². The maximum atomic E-state index is 14.6. The van der Waals surface area contributed by atoms with Gasteiger partial charge in [-0.15, -0.1) is 0 Å². The topological polar surface area (TPSA) is 87.5 Å². The summed E-state index contributed by atoms with van der Waals surface area (Å²) in [5.74, 6) is 0.497. The van der Waals surface area contributed by atoms with Gasteiger partial charge in [0.15, 0.2) is 11.5 Å². The summed E-state index contributed by atoms with van der Waals surface area (Å²) >= 11 is 0. The van der Waals surface area contributed by atoms with Gasteiger partial charge in [0.2, 0.25) is 0 Å². The van der Waals surface area contributed by atoms with Gasteiger partial charge < -0.3 is 4.52 Å². The third-order valence-corrected chi connectivity index (χ3v) is 4.93. The van der Waals surface area contributed by atoms with E-state index >= 15 is 0 Å². The summed E-state index contributed by atoms with van der Waals surface area (Å²) in [6.07, 6.45) is 1.72. The molecule has 4 aromatic heterocycles. The Morgan fingerprint density at radius 2 is 1.93 bits per heavy atom. The van der Waals surface area contributed by atoms with Crippen LogP contribution in [0.1, 0.15) is 18.4 Å². The number of nitrogens with zero attached hydrogens (tertiary/aromatic N) is 7. The molecule has 8 nitrogen and oxygen atoms in total. The van der Waals surface area contributed by atoms with Crippen molar-refractivity contribution in [2.45, 2.75) is 27.3 Å². The molecule has 0 fully saturated rings. The summed E-state index contributed by atoms with van der Waals surface area (Å²) in [5.41, 5.74) is 3.68. The molecule has 0 aliphatic heterocycles. The molecule has 0 aliphatic rings. The number of pyridine rings is 1. The molecule has 9 heteroatoms. The van der Waals surface area contributed by atoms with Crippen LogP contribution in [-0.2, 0) is 6.54 Å². The SMILES string of the molecule is CCn1nccc1-c1cc(-c2nc(C)no2)c2c(C)nn(-c3ccccc3F)c2n1. The number of benzene rings is 1. The minimum Gasteiger partial charge on any atom is -0.334 e. The Balaban J connectivity index is 1.87. The Bertz CT molecular complexity index is 1380. The van der Waals surface area contributed by atoms with E-state index in [9.17, 15) is 4.39 Å². The Morgan fingerprint density at radius 1 is 1.10 bits per heavy atom. The van der Waals surface area contributed by atoms with Crippen LogP contribution in [-0.4, -0.2) is 34.7 Å². The summed E-state index contributed by atoms with van der Waals surface area (Å²) in [7, 11) is 0. The lowest BCUT2D eigenvalue weighted by molar-refractivity contribution is 0.426. The Hall–Kier alpha value is -3.88. The molecule has 5 rings (SSSR count). The van der Waals surface area contributed by atoms with Gasteiger partial charge >= 0.3 is 0 Å². The standard InChI is InChI=1S/C21H18FN7O/c1-4-28-18(9-10-23-28)16-11-14(21-24-13(3)27-30-21)19-12(2)26-29(20(19)25-16)17-8-6-5-7-15(17)22/h5-11H,4H2,1-3H3. The zero-order chi connectivity index (χ0) is 20.8. The molecule has 0 radical (unpaired) electrons. The van der Waals surface area contributed by atoms with Crippen LogP contribution in [0.4, 0.5) is 4.39 Å². The number of fused-ring (bicyclic) bond motifs is 1. The van der Waals surface area contributed by atoms with E-state index in [0.29, 0.717) is 46.5 Å². The van der Waals surface area contributed by atoms with Crippen LogP contribution >= 0.6 is 0 Å². The van der Waals surface area contributed by atoms with Crippen molar-refractivity contribution in [2.75, 3.05) is 0 Å². The lowest BCUT2D eigenvalue weighted by atomic mass is 10.1. The normalized spacial score (nSPS) is 11.5. The average Bonchev–Trinajstić information content (AvgIpc) is 3.46. The number of halogens is 1. The summed E-state index contributed by atoms with van der Waals surface area (Å²) in [6.45, 7) is 6.30. The van der Waals surface area contributed by atoms with E-state index in [2.05, 4.69) is 20.3 Å². The maximum Gasteiger partial charge on any atom is 0.258 e. The first-order valence-electron chi connectivity index (χ1n) is 9.55. The minimum absolute atomic E-state index is 0.317. The summed E-state index contributed by atoms with van der Waals surface area (Å²) in [5, 5.41) is 13.6. The van der Waals surface area contributed by atoms with E-state index in [-0.39, 0.29) is 5.82 Å². The van der Waals surface area contributed by atoms with Crippen LogP contribution in [0.25, 0.3) is 39.6 Å². The van der Waals surface area contributed by atoms with Gasteiger partial charge in [-0.25, -0.2) is 14.1 Å². The van der Waals surface area contributed by atoms with E-state index in [0.717, 1.165) is 11.1 Å². The van der Waals surface area contributed by atoms with Crippen LogP contribution in [0.3, 0.4) is 0 Å². The first kappa shape index (κ1) is 18.2. The molecule has 1 aromatic carbocycles. The quantitative estimate of drug-likeness (QED) is 0.449. The van der Waals surface area contributed by atoms with Crippen molar-refractivity contribution in [3.05, 3.63) is 59.9 Å². The molecule has 30 heavy (non-hydrogen) atoms. The van der Waals surface area contributed by atoms with Crippen molar-refractivity contribution in [1.29, 1.82) is 0 Å². The van der Waals surface area contributed by atoms with E-state index in [1.165, 1.54) is 10.7 Å². The molecule has 0 aliphatic carbocycles. The molecule has 0 saturated carbocycles. The highest BCUT2D eigenvalue weighted by molar-refractivity contribution is 5.95. The van der Waals surface area contributed by atoms with E-state index < -0.39 is 0 Å². The smallest absolute Gasteiger partial charge is 0.258 e.